The fourth-order valence-corrected chi connectivity index (χ4v) is 1.84. The van der Waals surface area contributed by atoms with Crippen molar-refractivity contribution in [3.63, 3.8) is 0 Å². The maximum atomic E-state index is 12.1. The molecule has 1 rings (SSSR count). The number of hydrogen-bond donors (Lipinski definition) is 1. The summed E-state index contributed by atoms with van der Waals surface area (Å²) in [4.78, 5) is 25.6. The van der Waals surface area contributed by atoms with E-state index in [2.05, 4.69) is 0 Å². The molecule has 0 atom stereocenters. The Morgan fingerprint density at radius 3 is 2.11 bits per heavy atom. The number of aliphatic carboxylic acids is 1. The van der Waals surface area contributed by atoms with E-state index in [-0.39, 0.29) is 0 Å². The second-order valence-electron chi connectivity index (χ2n) is 4.49. The van der Waals surface area contributed by atoms with E-state index >= 15 is 0 Å². The summed E-state index contributed by atoms with van der Waals surface area (Å²) in [5.74, 6) is -1.56. The Kier molecular flexibility index (Phi) is 4.40. The predicted molar refractivity (Wildman–Crippen MR) is 73.0 cm³/mol. The standard InChI is InChI=1S/C13H17NO3S/c1-13(2,12(16)17)11(15)14(3)9-5-7-10(18-4)8-6-9/h5-8H,1-4H3,(H,16,17). The van der Waals surface area contributed by atoms with E-state index in [4.69, 9.17) is 5.11 Å². The Morgan fingerprint density at radius 1 is 1.22 bits per heavy atom. The molecule has 0 unspecified atom stereocenters. The van der Waals surface area contributed by atoms with E-state index in [0.717, 1.165) is 4.90 Å². The third kappa shape index (κ3) is 2.85. The second kappa shape index (κ2) is 5.44. The van der Waals surface area contributed by atoms with Crippen LogP contribution < -0.4 is 4.90 Å². The van der Waals surface area contributed by atoms with E-state index in [9.17, 15) is 9.59 Å². The van der Waals surface area contributed by atoms with Crippen molar-refractivity contribution in [3.05, 3.63) is 24.3 Å². The highest BCUT2D eigenvalue weighted by atomic mass is 32.2. The maximum absolute atomic E-state index is 12.1. The van der Waals surface area contributed by atoms with Crippen molar-refractivity contribution < 1.29 is 14.7 Å². The van der Waals surface area contributed by atoms with Crippen LogP contribution in [0.3, 0.4) is 0 Å². The summed E-state index contributed by atoms with van der Waals surface area (Å²) in [7, 11) is 1.58. The van der Waals surface area contributed by atoms with E-state index in [1.54, 1.807) is 18.8 Å². The Hall–Kier alpha value is -1.49. The van der Waals surface area contributed by atoms with Crippen molar-refractivity contribution in [1.29, 1.82) is 0 Å². The zero-order valence-corrected chi connectivity index (χ0v) is 11.7. The molecule has 0 spiro atoms. The number of hydrogen-bond acceptors (Lipinski definition) is 3. The van der Waals surface area contributed by atoms with Gasteiger partial charge in [0.2, 0.25) is 5.91 Å². The Bertz CT molecular complexity index is 454. The molecule has 98 valence electrons. The van der Waals surface area contributed by atoms with Gasteiger partial charge in [-0.1, -0.05) is 0 Å². The number of carbonyl (C=O) groups excluding carboxylic acids is 1. The molecule has 18 heavy (non-hydrogen) atoms. The molecule has 0 saturated carbocycles. The lowest BCUT2D eigenvalue weighted by molar-refractivity contribution is -0.152. The molecule has 0 fully saturated rings. The zero-order chi connectivity index (χ0) is 13.9. The summed E-state index contributed by atoms with van der Waals surface area (Å²) in [6.07, 6.45) is 1.97. The quantitative estimate of drug-likeness (QED) is 0.672. The van der Waals surface area contributed by atoms with Gasteiger partial charge in [-0.25, -0.2) is 0 Å². The number of amides is 1. The highest BCUT2D eigenvalue weighted by Gasteiger charge is 2.38. The van der Waals surface area contributed by atoms with Crippen LogP contribution >= 0.6 is 11.8 Å². The van der Waals surface area contributed by atoms with Gasteiger partial charge < -0.3 is 10.0 Å². The Labute approximate surface area is 111 Å². The van der Waals surface area contributed by atoms with Crippen LogP contribution in [0.2, 0.25) is 0 Å². The number of rotatable bonds is 4. The monoisotopic (exact) mass is 267 g/mol. The molecule has 0 aliphatic rings. The normalized spacial score (nSPS) is 11.1. The van der Waals surface area contributed by atoms with Crippen molar-refractivity contribution in [2.45, 2.75) is 18.7 Å². The average Bonchev–Trinajstić information content (AvgIpc) is 2.36. The van der Waals surface area contributed by atoms with E-state index in [0.29, 0.717) is 5.69 Å². The van der Waals surface area contributed by atoms with Gasteiger partial charge in [-0.05, 0) is 44.4 Å². The second-order valence-corrected chi connectivity index (χ2v) is 5.37. The third-order valence-electron chi connectivity index (χ3n) is 2.83. The molecule has 1 N–H and O–H groups in total. The van der Waals surface area contributed by atoms with E-state index in [1.165, 1.54) is 18.7 Å². The molecule has 4 nitrogen and oxygen atoms in total. The molecule has 0 bridgehead atoms. The molecule has 5 heteroatoms. The van der Waals surface area contributed by atoms with Crippen molar-refractivity contribution in [2.75, 3.05) is 18.2 Å². The van der Waals surface area contributed by atoms with Crippen LogP contribution in [0.25, 0.3) is 0 Å². The van der Waals surface area contributed by atoms with Gasteiger partial charge in [0.25, 0.3) is 0 Å². The number of carboxylic acids is 1. The summed E-state index contributed by atoms with van der Waals surface area (Å²) in [5, 5.41) is 9.04. The molecule has 1 aromatic carbocycles. The van der Waals surface area contributed by atoms with Gasteiger partial charge in [0, 0.05) is 17.6 Å². The first-order chi connectivity index (χ1) is 8.30. The Balaban J connectivity index is 2.96. The van der Waals surface area contributed by atoms with Crippen molar-refractivity contribution in [2.24, 2.45) is 5.41 Å². The SMILES string of the molecule is CSc1ccc(N(C)C(=O)C(C)(C)C(=O)O)cc1. The molecule has 0 radical (unpaired) electrons. The van der Waals surface area contributed by atoms with Crippen LogP contribution in [0.4, 0.5) is 5.69 Å². The topological polar surface area (TPSA) is 57.6 Å². The molecular formula is C13H17NO3S. The van der Waals surface area contributed by atoms with Gasteiger partial charge in [0.15, 0.2) is 0 Å². The molecule has 0 aromatic heterocycles. The van der Waals surface area contributed by atoms with E-state index in [1.807, 2.05) is 30.5 Å². The minimum absolute atomic E-state index is 0.438. The van der Waals surface area contributed by atoms with Gasteiger partial charge >= 0.3 is 5.97 Å². The van der Waals surface area contributed by atoms with Crippen molar-refractivity contribution >= 4 is 29.3 Å². The van der Waals surface area contributed by atoms with Crippen LogP contribution in [0, 0.1) is 5.41 Å². The lowest BCUT2D eigenvalue weighted by Crippen LogP contribution is -2.43. The van der Waals surface area contributed by atoms with Crippen LogP contribution in [-0.4, -0.2) is 30.3 Å². The summed E-state index contributed by atoms with van der Waals surface area (Å²) < 4.78 is 0. The highest BCUT2D eigenvalue weighted by molar-refractivity contribution is 7.98. The zero-order valence-electron chi connectivity index (χ0n) is 10.9. The molecule has 1 amide bonds. The number of anilines is 1. The lowest BCUT2D eigenvalue weighted by Gasteiger charge is -2.26. The fraction of sp³-hybridized carbons (Fsp3) is 0.385. The minimum atomic E-state index is -1.42. The van der Waals surface area contributed by atoms with Crippen molar-refractivity contribution in [1.82, 2.24) is 0 Å². The molecule has 0 saturated heterocycles. The molecule has 1 aromatic rings. The molecule has 0 aliphatic carbocycles. The van der Waals surface area contributed by atoms with Gasteiger partial charge in [0.1, 0.15) is 5.41 Å². The van der Waals surface area contributed by atoms with Crippen LogP contribution in [-0.2, 0) is 9.59 Å². The van der Waals surface area contributed by atoms with Crippen LogP contribution in [0.5, 0.6) is 0 Å². The number of carbonyl (C=O) groups is 2. The van der Waals surface area contributed by atoms with Crippen LogP contribution in [0.15, 0.2) is 29.2 Å². The largest absolute Gasteiger partial charge is 0.480 e. The third-order valence-corrected chi connectivity index (χ3v) is 3.58. The maximum Gasteiger partial charge on any atom is 0.318 e. The minimum Gasteiger partial charge on any atom is -0.480 e. The first-order valence-corrected chi connectivity index (χ1v) is 6.68. The van der Waals surface area contributed by atoms with Gasteiger partial charge in [-0.15, -0.1) is 11.8 Å². The number of thioether (sulfide) groups is 1. The van der Waals surface area contributed by atoms with Gasteiger partial charge in [0.05, 0.1) is 0 Å². The van der Waals surface area contributed by atoms with Gasteiger partial charge in [-0.3, -0.25) is 9.59 Å². The predicted octanol–water partition coefficient (Wildman–Crippen LogP) is 2.48. The summed E-state index contributed by atoms with van der Waals surface area (Å²) in [5.41, 5.74) is -0.737. The lowest BCUT2D eigenvalue weighted by atomic mass is 9.92. The number of benzene rings is 1. The van der Waals surface area contributed by atoms with E-state index < -0.39 is 17.3 Å². The Morgan fingerprint density at radius 2 is 1.72 bits per heavy atom. The molecule has 0 heterocycles. The smallest absolute Gasteiger partial charge is 0.318 e. The van der Waals surface area contributed by atoms with Gasteiger partial charge in [-0.2, -0.15) is 0 Å². The van der Waals surface area contributed by atoms with Crippen LogP contribution in [0.1, 0.15) is 13.8 Å². The number of nitrogens with zero attached hydrogens (tertiary/aromatic N) is 1. The first-order valence-electron chi connectivity index (χ1n) is 5.46. The highest BCUT2D eigenvalue weighted by Crippen LogP contribution is 2.25. The molecule has 0 aliphatic heterocycles. The first kappa shape index (κ1) is 14.6. The summed E-state index contributed by atoms with van der Waals surface area (Å²) >= 11 is 1.61. The van der Waals surface area contributed by atoms with Crippen molar-refractivity contribution in [3.8, 4) is 0 Å². The number of carboxylic acid groups (broad SMARTS) is 1. The average molecular weight is 267 g/mol. The molecular weight excluding hydrogens is 250 g/mol. The fourth-order valence-electron chi connectivity index (χ4n) is 1.43. The summed E-state index contributed by atoms with van der Waals surface area (Å²) in [6, 6.07) is 7.42. The summed E-state index contributed by atoms with van der Waals surface area (Å²) in [6.45, 7) is 2.81.